The van der Waals surface area contributed by atoms with E-state index in [0.717, 1.165) is 11.6 Å². The highest BCUT2D eigenvalue weighted by molar-refractivity contribution is 6.34. The van der Waals surface area contributed by atoms with Crippen molar-refractivity contribution in [3.63, 3.8) is 0 Å². The Morgan fingerprint density at radius 2 is 1.83 bits per heavy atom. The quantitative estimate of drug-likeness (QED) is 0.865. The second-order valence-corrected chi connectivity index (χ2v) is 4.26. The van der Waals surface area contributed by atoms with Crippen LogP contribution < -0.4 is 5.73 Å². The number of carbonyl (C=O) groups is 1. The molecule has 2 rings (SSSR count). The molecule has 0 saturated heterocycles. The minimum atomic E-state index is -0.485. The summed E-state index contributed by atoms with van der Waals surface area (Å²) in [6.07, 6.45) is 0. The van der Waals surface area contributed by atoms with Gasteiger partial charge >= 0.3 is 0 Å². The summed E-state index contributed by atoms with van der Waals surface area (Å²) in [6.45, 7) is 0.412. The Bertz CT molecular complexity index is 581. The van der Waals surface area contributed by atoms with Crippen LogP contribution >= 0.6 is 11.6 Å². The number of ketones is 1. The molecule has 0 atom stereocenters. The molecule has 18 heavy (non-hydrogen) atoms. The third-order valence-corrected chi connectivity index (χ3v) is 2.95. The molecule has 0 aliphatic carbocycles. The molecular formula is C14H11ClFNO. The van der Waals surface area contributed by atoms with Gasteiger partial charge in [0.1, 0.15) is 5.82 Å². The highest BCUT2D eigenvalue weighted by Gasteiger charge is 2.13. The summed E-state index contributed by atoms with van der Waals surface area (Å²) in [4.78, 5) is 12.1. The molecule has 2 aromatic rings. The molecule has 2 N–H and O–H groups in total. The van der Waals surface area contributed by atoms with Crippen LogP contribution in [0.4, 0.5) is 4.39 Å². The van der Waals surface area contributed by atoms with Crippen LogP contribution in [0.2, 0.25) is 5.02 Å². The fourth-order valence-corrected chi connectivity index (χ4v) is 1.82. The van der Waals surface area contributed by atoms with Crippen molar-refractivity contribution in [1.29, 1.82) is 0 Å². The summed E-state index contributed by atoms with van der Waals surface area (Å²) in [5.74, 6) is -0.788. The third kappa shape index (κ3) is 2.58. The van der Waals surface area contributed by atoms with Gasteiger partial charge in [-0.05, 0) is 23.8 Å². The van der Waals surface area contributed by atoms with Gasteiger partial charge in [-0.3, -0.25) is 4.79 Å². The number of halogens is 2. The van der Waals surface area contributed by atoms with E-state index in [9.17, 15) is 9.18 Å². The van der Waals surface area contributed by atoms with Crippen molar-refractivity contribution in [2.75, 3.05) is 0 Å². The SMILES string of the molecule is NCc1ccc(C(=O)c2cc(F)ccc2Cl)cc1. The third-order valence-electron chi connectivity index (χ3n) is 2.62. The van der Waals surface area contributed by atoms with Crippen LogP contribution in [0, 0.1) is 5.82 Å². The molecule has 0 bridgehead atoms. The van der Waals surface area contributed by atoms with Crippen molar-refractivity contribution in [2.24, 2.45) is 5.73 Å². The lowest BCUT2D eigenvalue weighted by Crippen LogP contribution is -2.04. The van der Waals surface area contributed by atoms with E-state index in [-0.39, 0.29) is 16.4 Å². The van der Waals surface area contributed by atoms with Gasteiger partial charge in [-0.1, -0.05) is 35.9 Å². The molecule has 0 saturated carbocycles. The lowest BCUT2D eigenvalue weighted by molar-refractivity contribution is 0.103. The van der Waals surface area contributed by atoms with Gasteiger partial charge in [0, 0.05) is 17.7 Å². The van der Waals surface area contributed by atoms with E-state index in [1.54, 1.807) is 24.3 Å². The van der Waals surface area contributed by atoms with E-state index in [0.29, 0.717) is 12.1 Å². The second-order valence-electron chi connectivity index (χ2n) is 3.85. The van der Waals surface area contributed by atoms with Crippen LogP contribution in [0.3, 0.4) is 0 Å². The summed E-state index contributed by atoms with van der Waals surface area (Å²) in [7, 11) is 0. The topological polar surface area (TPSA) is 43.1 Å². The largest absolute Gasteiger partial charge is 0.326 e. The fourth-order valence-electron chi connectivity index (χ4n) is 1.62. The van der Waals surface area contributed by atoms with Crippen LogP contribution in [0.25, 0.3) is 0 Å². The van der Waals surface area contributed by atoms with E-state index in [2.05, 4.69) is 0 Å². The van der Waals surface area contributed by atoms with Crippen molar-refractivity contribution in [2.45, 2.75) is 6.54 Å². The highest BCUT2D eigenvalue weighted by atomic mass is 35.5. The van der Waals surface area contributed by atoms with Gasteiger partial charge in [0.15, 0.2) is 5.78 Å². The first-order valence-electron chi connectivity index (χ1n) is 5.40. The Hall–Kier alpha value is -1.71. The molecule has 0 spiro atoms. The Balaban J connectivity index is 2.38. The van der Waals surface area contributed by atoms with E-state index < -0.39 is 5.82 Å². The van der Waals surface area contributed by atoms with Crippen molar-refractivity contribution in [3.05, 3.63) is 70.0 Å². The number of hydrogen-bond acceptors (Lipinski definition) is 2. The molecule has 2 nitrogen and oxygen atoms in total. The second kappa shape index (κ2) is 5.29. The minimum absolute atomic E-state index is 0.164. The predicted octanol–water partition coefficient (Wildman–Crippen LogP) is 3.17. The van der Waals surface area contributed by atoms with Crippen LogP contribution in [0.15, 0.2) is 42.5 Å². The van der Waals surface area contributed by atoms with Crippen molar-refractivity contribution in [3.8, 4) is 0 Å². The summed E-state index contributed by atoms with van der Waals surface area (Å²) >= 11 is 5.89. The molecule has 4 heteroatoms. The van der Waals surface area contributed by atoms with Gasteiger partial charge in [-0.25, -0.2) is 4.39 Å². The molecular weight excluding hydrogens is 253 g/mol. The van der Waals surface area contributed by atoms with Crippen LogP contribution in [0.1, 0.15) is 21.5 Å². The molecule has 0 aliphatic heterocycles. The Labute approximate surface area is 109 Å². The lowest BCUT2D eigenvalue weighted by atomic mass is 10.0. The normalized spacial score (nSPS) is 10.4. The fraction of sp³-hybridized carbons (Fsp3) is 0.0714. The average Bonchev–Trinajstić information content (AvgIpc) is 2.41. The molecule has 0 heterocycles. The Kier molecular flexibility index (Phi) is 3.75. The summed E-state index contributed by atoms with van der Waals surface area (Å²) in [6, 6.07) is 10.6. The number of carbonyl (C=O) groups excluding carboxylic acids is 1. The minimum Gasteiger partial charge on any atom is -0.326 e. The summed E-state index contributed by atoms with van der Waals surface area (Å²) in [5.41, 5.74) is 7.03. The number of rotatable bonds is 3. The zero-order chi connectivity index (χ0) is 13.1. The van der Waals surface area contributed by atoms with E-state index in [4.69, 9.17) is 17.3 Å². The smallest absolute Gasteiger partial charge is 0.194 e. The molecule has 0 aliphatic rings. The van der Waals surface area contributed by atoms with Crippen LogP contribution in [-0.4, -0.2) is 5.78 Å². The standard InChI is InChI=1S/C14H11ClFNO/c15-13-6-5-11(16)7-12(13)14(18)10-3-1-9(8-17)2-4-10/h1-7H,8,17H2. The molecule has 0 fully saturated rings. The molecule has 0 unspecified atom stereocenters. The molecule has 2 aromatic carbocycles. The van der Waals surface area contributed by atoms with Crippen molar-refractivity contribution in [1.82, 2.24) is 0 Å². The molecule has 92 valence electrons. The van der Waals surface area contributed by atoms with Crippen molar-refractivity contribution < 1.29 is 9.18 Å². The maximum absolute atomic E-state index is 13.1. The van der Waals surface area contributed by atoms with Crippen molar-refractivity contribution >= 4 is 17.4 Å². The summed E-state index contributed by atoms with van der Waals surface area (Å²) < 4.78 is 13.1. The van der Waals surface area contributed by atoms with Gasteiger partial charge in [0.05, 0.1) is 5.02 Å². The number of benzene rings is 2. The first-order valence-corrected chi connectivity index (χ1v) is 5.78. The Morgan fingerprint density at radius 1 is 1.17 bits per heavy atom. The van der Waals surface area contributed by atoms with Crippen LogP contribution in [0.5, 0.6) is 0 Å². The van der Waals surface area contributed by atoms with E-state index in [1.165, 1.54) is 12.1 Å². The van der Waals surface area contributed by atoms with Gasteiger partial charge in [-0.2, -0.15) is 0 Å². The predicted molar refractivity (Wildman–Crippen MR) is 69.2 cm³/mol. The number of nitrogens with two attached hydrogens (primary N) is 1. The van der Waals surface area contributed by atoms with E-state index in [1.807, 2.05) is 0 Å². The van der Waals surface area contributed by atoms with E-state index >= 15 is 0 Å². The van der Waals surface area contributed by atoms with Crippen LogP contribution in [-0.2, 0) is 6.54 Å². The van der Waals surface area contributed by atoms with Gasteiger partial charge in [0.2, 0.25) is 0 Å². The van der Waals surface area contributed by atoms with Gasteiger partial charge < -0.3 is 5.73 Å². The molecule has 0 aromatic heterocycles. The zero-order valence-corrected chi connectivity index (χ0v) is 10.2. The average molecular weight is 264 g/mol. The maximum atomic E-state index is 13.1. The number of hydrogen-bond donors (Lipinski definition) is 1. The maximum Gasteiger partial charge on any atom is 0.194 e. The molecule has 0 amide bonds. The first kappa shape index (κ1) is 12.7. The monoisotopic (exact) mass is 263 g/mol. The lowest BCUT2D eigenvalue weighted by Gasteiger charge is -2.05. The highest BCUT2D eigenvalue weighted by Crippen LogP contribution is 2.20. The first-order chi connectivity index (χ1) is 8.61. The molecule has 0 radical (unpaired) electrons. The summed E-state index contributed by atoms with van der Waals surface area (Å²) in [5, 5.41) is 0.240. The Morgan fingerprint density at radius 3 is 2.44 bits per heavy atom. The van der Waals surface area contributed by atoms with Gasteiger partial charge in [-0.15, -0.1) is 0 Å². The zero-order valence-electron chi connectivity index (χ0n) is 9.49. The van der Waals surface area contributed by atoms with Gasteiger partial charge in [0.25, 0.3) is 0 Å².